The van der Waals surface area contributed by atoms with Crippen LogP contribution in [0.25, 0.3) is 0 Å². The number of hydrogen-bond donors (Lipinski definition) is 1. The van der Waals surface area contributed by atoms with Gasteiger partial charge in [-0.1, -0.05) is 61.2 Å². The highest BCUT2D eigenvalue weighted by atomic mass is 32.2. The number of hydrogen-bond acceptors (Lipinski definition) is 5. The van der Waals surface area contributed by atoms with E-state index in [2.05, 4.69) is 41.3 Å². The molecule has 1 aliphatic heterocycles. The molecular weight excluding hydrogens is 444 g/mol. The molecule has 4 rings (SSSR count). The van der Waals surface area contributed by atoms with Crippen LogP contribution in [-0.2, 0) is 11.3 Å². The summed E-state index contributed by atoms with van der Waals surface area (Å²) in [6, 6.07) is 21.7. The molecule has 2 heterocycles. The number of benzene rings is 2. The van der Waals surface area contributed by atoms with E-state index in [0.717, 1.165) is 30.1 Å². The quantitative estimate of drug-likeness (QED) is 0.491. The summed E-state index contributed by atoms with van der Waals surface area (Å²) < 4.78 is 0. The zero-order chi connectivity index (χ0) is 23.9. The van der Waals surface area contributed by atoms with E-state index < -0.39 is 0 Å². The largest absolute Gasteiger partial charge is 0.352 e. The Kier molecular flexibility index (Phi) is 7.98. The van der Waals surface area contributed by atoms with Gasteiger partial charge in [-0.15, -0.1) is 0 Å². The van der Waals surface area contributed by atoms with E-state index in [4.69, 9.17) is 0 Å². The molecule has 1 aromatic heterocycles. The van der Waals surface area contributed by atoms with Gasteiger partial charge in [0.05, 0.1) is 11.3 Å². The number of carbonyl (C=O) groups is 2. The van der Waals surface area contributed by atoms with Crippen molar-refractivity contribution in [2.45, 2.75) is 42.3 Å². The molecule has 3 aromatic rings. The van der Waals surface area contributed by atoms with Gasteiger partial charge in [-0.2, -0.15) is 0 Å². The fourth-order valence-corrected chi connectivity index (χ4v) is 5.12. The lowest BCUT2D eigenvalue weighted by Gasteiger charge is -2.26. The summed E-state index contributed by atoms with van der Waals surface area (Å²) in [4.78, 5) is 35.5. The number of nitrogens with zero attached hydrogens (tertiary/aromatic N) is 3. The van der Waals surface area contributed by atoms with Crippen LogP contribution in [0.3, 0.4) is 0 Å². The van der Waals surface area contributed by atoms with E-state index in [1.165, 1.54) is 17.3 Å². The van der Waals surface area contributed by atoms with Crippen LogP contribution < -0.4 is 10.2 Å². The Morgan fingerprint density at radius 1 is 1.09 bits per heavy atom. The van der Waals surface area contributed by atoms with Gasteiger partial charge >= 0.3 is 0 Å². The topological polar surface area (TPSA) is 65.5 Å². The van der Waals surface area contributed by atoms with Crippen molar-refractivity contribution in [3.63, 3.8) is 0 Å². The maximum atomic E-state index is 13.3. The number of amides is 2. The first-order chi connectivity index (χ1) is 16.5. The van der Waals surface area contributed by atoms with E-state index >= 15 is 0 Å². The SMILES string of the molecule is CC[C@H](CN(C)Cc1ccccc1)NC(=O)CCN1C(=O)c2cccnc2Sc2ccccc21. The summed E-state index contributed by atoms with van der Waals surface area (Å²) in [6.07, 6.45) is 2.77. The van der Waals surface area contributed by atoms with Crippen molar-refractivity contribution in [3.05, 3.63) is 84.1 Å². The standard InChI is InChI=1S/C27H30N4O2S/c1-3-21(19-30(2)18-20-10-5-4-6-11-20)29-25(32)15-17-31-23-13-7-8-14-24(23)34-26-22(27(31)33)12-9-16-28-26/h4-14,16,21H,3,15,17-19H2,1-2H3,(H,29,32)/t21-/m1/s1. The molecule has 2 amide bonds. The lowest BCUT2D eigenvalue weighted by atomic mass is 10.1. The van der Waals surface area contributed by atoms with Crippen molar-refractivity contribution in [1.29, 1.82) is 0 Å². The minimum absolute atomic E-state index is 0.0476. The van der Waals surface area contributed by atoms with Crippen LogP contribution in [0.5, 0.6) is 0 Å². The highest BCUT2D eigenvalue weighted by Gasteiger charge is 2.28. The summed E-state index contributed by atoms with van der Waals surface area (Å²) in [5.41, 5.74) is 2.63. The first-order valence-corrected chi connectivity index (χ1v) is 12.4. The molecule has 176 valence electrons. The number of fused-ring (bicyclic) bond motifs is 2. The van der Waals surface area contributed by atoms with Crippen LogP contribution in [-0.4, -0.2) is 47.9 Å². The Bertz CT molecular complexity index is 1140. The zero-order valence-electron chi connectivity index (χ0n) is 19.6. The fourth-order valence-electron chi connectivity index (χ4n) is 4.11. The van der Waals surface area contributed by atoms with Gasteiger partial charge in [0.1, 0.15) is 5.03 Å². The third kappa shape index (κ3) is 5.85. The molecule has 0 fully saturated rings. The van der Waals surface area contributed by atoms with Crippen LogP contribution in [0, 0.1) is 0 Å². The molecule has 0 spiro atoms. The van der Waals surface area contributed by atoms with Gasteiger partial charge in [-0.05, 0) is 43.3 Å². The molecule has 34 heavy (non-hydrogen) atoms. The molecule has 0 aliphatic carbocycles. The molecule has 7 heteroatoms. The number of nitrogens with one attached hydrogen (secondary N) is 1. The van der Waals surface area contributed by atoms with Gasteiger partial charge in [0.2, 0.25) is 5.91 Å². The van der Waals surface area contributed by atoms with E-state index in [-0.39, 0.29) is 24.3 Å². The van der Waals surface area contributed by atoms with Crippen LogP contribution in [0.1, 0.15) is 35.7 Å². The third-order valence-electron chi connectivity index (χ3n) is 5.86. The van der Waals surface area contributed by atoms with Gasteiger partial charge < -0.3 is 15.1 Å². The summed E-state index contributed by atoms with van der Waals surface area (Å²) in [6.45, 7) is 3.99. The molecule has 1 N–H and O–H groups in total. The molecule has 0 saturated heterocycles. The van der Waals surface area contributed by atoms with Crippen LogP contribution in [0.2, 0.25) is 0 Å². The molecule has 0 saturated carbocycles. The average Bonchev–Trinajstić information content (AvgIpc) is 2.97. The lowest BCUT2D eigenvalue weighted by Crippen LogP contribution is -2.43. The molecule has 1 aliphatic rings. The number of likely N-dealkylation sites (N-methyl/N-ethyl adjacent to an activating group) is 1. The number of para-hydroxylation sites is 1. The van der Waals surface area contributed by atoms with E-state index in [1.807, 2.05) is 42.5 Å². The summed E-state index contributed by atoms with van der Waals surface area (Å²) in [5.74, 6) is -0.170. The minimum Gasteiger partial charge on any atom is -0.352 e. The smallest absolute Gasteiger partial charge is 0.261 e. The van der Waals surface area contributed by atoms with Gasteiger partial charge in [0.15, 0.2) is 0 Å². The van der Waals surface area contributed by atoms with Crippen molar-refractivity contribution < 1.29 is 9.59 Å². The van der Waals surface area contributed by atoms with Crippen molar-refractivity contribution in [3.8, 4) is 0 Å². The number of anilines is 1. The third-order valence-corrected chi connectivity index (χ3v) is 6.94. The Labute approximate surface area is 205 Å². The number of rotatable bonds is 9. The minimum atomic E-state index is -0.122. The van der Waals surface area contributed by atoms with Gasteiger partial charge in [-0.25, -0.2) is 4.98 Å². The Morgan fingerprint density at radius 2 is 1.85 bits per heavy atom. The van der Waals surface area contributed by atoms with E-state index in [9.17, 15) is 9.59 Å². The molecule has 0 radical (unpaired) electrons. The highest BCUT2D eigenvalue weighted by Crippen LogP contribution is 2.40. The maximum Gasteiger partial charge on any atom is 0.261 e. The first kappa shape index (κ1) is 24.0. The monoisotopic (exact) mass is 474 g/mol. The van der Waals surface area contributed by atoms with Crippen LogP contribution >= 0.6 is 11.8 Å². The van der Waals surface area contributed by atoms with Crippen molar-refractivity contribution in [2.24, 2.45) is 0 Å². The first-order valence-electron chi connectivity index (χ1n) is 11.6. The zero-order valence-corrected chi connectivity index (χ0v) is 20.4. The van der Waals surface area contributed by atoms with Gasteiger partial charge in [-0.3, -0.25) is 9.59 Å². The fraction of sp³-hybridized carbons (Fsp3) is 0.296. The molecule has 1 atom stereocenters. The molecule has 0 bridgehead atoms. The van der Waals surface area contributed by atoms with Crippen molar-refractivity contribution >= 4 is 29.3 Å². The van der Waals surface area contributed by atoms with Crippen molar-refractivity contribution in [2.75, 3.05) is 25.0 Å². The molecule has 6 nitrogen and oxygen atoms in total. The molecule has 0 unspecified atom stereocenters. The summed E-state index contributed by atoms with van der Waals surface area (Å²) in [5, 5.41) is 3.85. The van der Waals surface area contributed by atoms with Gasteiger partial charge in [0.25, 0.3) is 5.91 Å². The Morgan fingerprint density at radius 3 is 2.65 bits per heavy atom. The predicted molar refractivity (Wildman–Crippen MR) is 136 cm³/mol. The van der Waals surface area contributed by atoms with E-state index in [1.54, 1.807) is 23.2 Å². The maximum absolute atomic E-state index is 13.3. The van der Waals surface area contributed by atoms with Crippen molar-refractivity contribution in [1.82, 2.24) is 15.2 Å². The highest BCUT2D eigenvalue weighted by molar-refractivity contribution is 7.99. The van der Waals surface area contributed by atoms with Crippen LogP contribution in [0.15, 0.2) is 82.8 Å². The normalized spacial score (nSPS) is 13.7. The van der Waals surface area contributed by atoms with Gasteiger partial charge in [0, 0.05) is 43.2 Å². The summed E-state index contributed by atoms with van der Waals surface area (Å²) >= 11 is 1.49. The van der Waals surface area contributed by atoms with E-state index in [0.29, 0.717) is 17.1 Å². The number of pyridine rings is 1. The molecular formula is C27H30N4O2S. The lowest BCUT2D eigenvalue weighted by molar-refractivity contribution is -0.121. The van der Waals surface area contributed by atoms with Crippen LogP contribution in [0.4, 0.5) is 5.69 Å². The number of carbonyl (C=O) groups excluding carboxylic acids is 2. The predicted octanol–water partition coefficient (Wildman–Crippen LogP) is 4.61. The second-order valence-electron chi connectivity index (χ2n) is 8.49. The second kappa shape index (κ2) is 11.3. The second-order valence-corrected chi connectivity index (χ2v) is 9.52. The molecule has 2 aromatic carbocycles. The average molecular weight is 475 g/mol. The Hall–Kier alpha value is -3.16. The number of aromatic nitrogens is 1. The summed E-state index contributed by atoms with van der Waals surface area (Å²) in [7, 11) is 2.07. The Balaban J connectivity index is 1.39.